The zero-order valence-corrected chi connectivity index (χ0v) is 12.1. The van der Waals surface area contributed by atoms with Gasteiger partial charge in [0.2, 0.25) is 5.88 Å². The van der Waals surface area contributed by atoms with Gasteiger partial charge in [0.15, 0.2) is 0 Å². The molecule has 0 amide bonds. The number of carboxylic acids is 1. The number of pyridine rings is 1. The van der Waals surface area contributed by atoms with Gasteiger partial charge in [-0.15, -0.1) is 0 Å². The fourth-order valence-corrected chi connectivity index (χ4v) is 3.12. The fraction of sp³-hybridized carbons (Fsp3) is 0.600. The summed E-state index contributed by atoms with van der Waals surface area (Å²) in [5, 5.41) is 9.26. The second-order valence-electron chi connectivity index (χ2n) is 5.47. The van der Waals surface area contributed by atoms with Crippen molar-refractivity contribution >= 4 is 11.7 Å². The Morgan fingerprint density at radius 3 is 2.75 bits per heavy atom. The maximum Gasteiger partial charge on any atom is 0.305 e. The first-order valence-corrected chi connectivity index (χ1v) is 7.03. The number of carboxylic acid groups (broad SMARTS) is 1. The molecular formula is C15H22N2O3. The van der Waals surface area contributed by atoms with Crippen molar-refractivity contribution in [3.63, 3.8) is 0 Å². The van der Waals surface area contributed by atoms with E-state index in [9.17, 15) is 9.90 Å². The SMILES string of the molecule is COc1cc(N(C)C2(CC(=O)O)CCCCC2)ccn1. The minimum Gasteiger partial charge on any atom is -0.481 e. The molecule has 1 aromatic rings. The Bertz CT molecular complexity index is 470. The molecule has 0 aliphatic heterocycles. The van der Waals surface area contributed by atoms with Crippen LogP contribution >= 0.6 is 0 Å². The topological polar surface area (TPSA) is 62.7 Å². The van der Waals surface area contributed by atoms with Crippen LogP contribution in [-0.4, -0.2) is 35.8 Å². The number of carbonyl (C=O) groups is 1. The summed E-state index contributed by atoms with van der Waals surface area (Å²) in [6.45, 7) is 0. The van der Waals surface area contributed by atoms with Crippen molar-refractivity contribution in [2.24, 2.45) is 0 Å². The average Bonchev–Trinajstić information content (AvgIpc) is 2.46. The molecule has 0 aromatic carbocycles. The van der Waals surface area contributed by atoms with Crippen LogP contribution in [0.5, 0.6) is 5.88 Å². The van der Waals surface area contributed by atoms with Crippen LogP contribution in [-0.2, 0) is 4.79 Å². The minimum atomic E-state index is -0.736. The van der Waals surface area contributed by atoms with Gasteiger partial charge in [-0.2, -0.15) is 0 Å². The lowest BCUT2D eigenvalue weighted by Gasteiger charge is -2.45. The molecule has 110 valence electrons. The molecule has 1 aromatic heterocycles. The molecule has 1 saturated carbocycles. The van der Waals surface area contributed by atoms with Crippen molar-refractivity contribution in [1.82, 2.24) is 4.98 Å². The van der Waals surface area contributed by atoms with Crippen LogP contribution in [0, 0.1) is 0 Å². The standard InChI is InChI=1S/C15H22N2O3/c1-17(12-6-9-16-13(10-12)20-2)15(11-14(18)19)7-4-3-5-8-15/h6,9-10H,3-5,7-8,11H2,1-2H3,(H,18,19). The van der Waals surface area contributed by atoms with Crippen molar-refractivity contribution in [3.8, 4) is 5.88 Å². The highest BCUT2D eigenvalue weighted by Gasteiger charge is 2.38. The first kappa shape index (κ1) is 14.6. The molecule has 0 spiro atoms. The molecule has 0 atom stereocenters. The van der Waals surface area contributed by atoms with Crippen molar-refractivity contribution in [2.45, 2.75) is 44.1 Å². The van der Waals surface area contributed by atoms with Gasteiger partial charge in [-0.05, 0) is 18.9 Å². The summed E-state index contributed by atoms with van der Waals surface area (Å²) in [5.41, 5.74) is 0.663. The van der Waals surface area contributed by atoms with Crippen molar-refractivity contribution in [2.75, 3.05) is 19.1 Å². The summed E-state index contributed by atoms with van der Waals surface area (Å²) in [6.07, 6.45) is 7.06. The van der Waals surface area contributed by atoms with Crippen molar-refractivity contribution in [1.29, 1.82) is 0 Å². The Balaban J connectivity index is 2.29. The number of aromatic nitrogens is 1. The van der Waals surface area contributed by atoms with Gasteiger partial charge in [0.25, 0.3) is 0 Å². The van der Waals surface area contributed by atoms with Crippen LogP contribution in [0.1, 0.15) is 38.5 Å². The van der Waals surface area contributed by atoms with E-state index in [1.165, 1.54) is 6.42 Å². The van der Waals surface area contributed by atoms with E-state index in [1.54, 1.807) is 13.3 Å². The summed E-state index contributed by atoms with van der Waals surface area (Å²) in [6, 6.07) is 3.76. The summed E-state index contributed by atoms with van der Waals surface area (Å²) in [5.74, 6) is -0.185. The predicted molar refractivity (Wildman–Crippen MR) is 77.3 cm³/mol. The Morgan fingerprint density at radius 1 is 1.45 bits per heavy atom. The molecule has 0 bridgehead atoms. The number of nitrogens with zero attached hydrogens (tertiary/aromatic N) is 2. The van der Waals surface area contributed by atoms with Crippen LogP contribution in [0.4, 0.5) is 5.69 Å². The highest BCUT2D eigenvalue weighted by molar-refractivity contribution is 5.70. The first-order valence-electron chi connectivity index (χ1n) is 7.03. The third kappa shape index (κ3) is 3.03. The van der Waals surface area contributed by atoms with E-state index < -0.39 is 5.97 Å². The van der Waals surface area contributed by atoms with Gasteiger partial charge in [0.1, 0.15) is 0 Å². The number of hydrogen-bond donors (Lipinski definition) is 1. The van der Waals surface area contributed by atoms with Gasteiger partial charge < -0.3 is 14.7 Å². The number of aliphatic carboxylic acids is 1. The third-order valence-corrected chi connectivity index (χ3v) is 4.29. The molecule has 1 fully saturated rings. The zero-order valence-electron chi connectivity index (χ0n) is 12.1. The molecule has 2 rings (SSSR count). The van der Waals surface area contributed by atoms with Gasteiger partial charge in [0.05, 0.1) is 19.1 Å². The molecule has 0 radical (unpaired) electrons. The molecule has 0 saturated heterocycles. The Labute approximate surface area is 119 Å². The number of methoxy groups -OCH3 is 1. The number of hydrogen-bond acceptors (Lipinski definition) is 4. The van der Waals surface area contributed by atoms with Gasteiger partial charge in [-0.25, -0.2) is 4.98 Å². The van der Waals surface area contributed by atoms with Crippen molar-refractivity contribution in [3.05, 3.63) is 18.3 Å². The highest BCUT2D eigenvalue weighted by Crippen LogP contribution is 2.38. The van der Waals surface area contributed by atoms with E-state index in [4.69, 9.17) is 4.74 Å². The second-order valence-corrected chi connectivity index (χ2v) is 5.47. The monoisotopic (exact) mass is 278 g/mol. The van der Waals surface area contributed by atoms with Gasteiger partial charge >= 0.3 is 5.97 Å². The van der Waals surface area contributed by atoms with E-state index in [-0.39, 0.29) is 12.0 Å². The third-order valence-electron chi connectivity index (χ3n) is 4.29. The summed E-state index contributed by atoms with van der Waals surface area (Å²) >= 11 is 0. The number of ether oxygens (including phenoxy) is 1. The van der Waals surface area contributed by atoms with Gasteiger partial charge in [0, 0.05) is 25.0 Å². The minimum absolute atomic E-state index is 0.175. The number of rotatable bonds is 5. The molecule has 0 unspecified atom stereocenters. The van der Waals surface area contributed by atoms with E-state index in [0.29, 0.717) is 5.88 Å². The Kier molecular flexibility index (Phi) is 4.47. The second kappa shape index (κ2) is 6.11. The Morgan fingerprint density at radius 2 is 2.15 bits per heavy atom. The van der Waals surface area contributed by atoms with E-state index >= 15 is 0 Å². The quantitative estimate of drug-likeness (QED) is 0.897. The average molecular weight is 278 g/mol. The van der Waals surface area contributed by atoms with Crippen LogP contribution in [0.15, 0.2) is 18.3 Å². The molecule has 1 aliphatic carbocycles. The smallest absolute Gasteiger partial charge is 0.305 e. The largest absolute Gasteiger partial charge is 0.481 e. The fourth-order valence-electron chi connectivity index (χ4n) is 3.12. The van der Waals surface area contributed by atoms with E-state index in [2.05, 4.69) is 9.88 Å². The molecule has 1 aliphatic rings. The highest BCUT2D eigenvalue weighted by atomic mass is 16.5. The lowest BCUT2D eigenvalue weighted by molar-refractivity contribution is -0.138. The first-order chi connectivity index (χ1) is 9.57. The summed E-state index contributed by atoms with van der Waals surface area (Å²) < 4.78 is 5.15. The molecule has 5 heteroatoms. The maximum atomic E-state index is 11.3. The van der Waals surface area contributed by atoms with Gasteiger partial charge in [-0.3, -0.25) is 4.79 Å². The summed E-state index contributed by atoms with van der Waals surface area (Å²) in [4.78, 5) is 17.5. The van der Waals surface area contributed by atoms with E-state index in [1.807, 2.05) is 19.2 Å². The zero-order chi connectivity index (χ0) is 14.6. The van der Waals surface area contributed by atoms with Crippen molar-refractivity contribution < 1.29 is 14.6 Å². The normalized spacial score (nSPS) is 17.5. The lowest BCUT2D eigenvalue weighted by Crippen LogP contribution is -2.49. The molecule has 1 N–H and O–H groups in total. The molecule has 20 heavy (non-hydrogen) atoms. The van der Waals surface area contributed by atoms with Crippen LogP contribution in [0.3, 0.4) is 0 Å². The maximum absolute atomic E-state index is 11.3. The predicted octanol–water partition coefficient (Wildman–Crippen LogP) is 2.70. The van der Waals surface area contributed by atoms with Crippen LogP contribution in [0.25, 0.3) is 0 Å². The van der Waals surface area contributed by atoms with Crippen LogP contribution < -0.4 is 9.64 Å². The van der Waals surface area contributed by atoms with E-state index in [0.717, 1.165) is 31.4 Å². The Hall–Kier alpha value is -1.78. The van der Waals surface area contributed by atoms with Crippen LogP contribution in [0.2, 0.25) is 0 Å². The molecular weight excluding hydrogens is 256 g/mol. The van der Waals surface area contributed by atoms with Gasteiger partial charge in [-0.1, -0.05) is 19.3 Å². The number of anilines is 1. The summed E-state index contributed by atoms with van der Waals surface area (Å²) in [7, 11) is 3.56. The molecule has 1 heterocycles. The lowest BCUT2D eigenvalue weighted by atomic mass is 9.78. The molecule has 5 nitrogen and oxygen atoms in total.